The Kier molecular flexibility index (Phi) is 4.88. The Labute approximate surface area is 160 Å². The SMILES string of the molecule is CCc1cccc(C)c1N1CCN(C(=O)Cc2c[nH]c3ccccc23)CC1. The summed E-state index contributed by atoms with van der Waals surface area (Å²) in [6.45, 7) is 7.77. The highest BCUT2D eigenvalue weighted by molar-refractivity contribution is 5.89. The van der Waals surface area contributed by atoms with Crippen molar-refractivity contribution >= 4 is 22.5 Å². The first-order chi connectivity index (χ1) is 13.2. The Morgan fingerprint density at radius 2 is 1.78 bits per heavy atom. The lowest BCUT2D eigenvalue weighted by molar-refractivity contribution is -0.130. The molecule has 0 spiro atoms. The number of carbonyl (C=O) groups excluding carboxylic acids is 1. The number of piperazine rings is 1. The number of para-hydroxylation sites is 2. The van der Waals surface area contributed by atoms with Crippen molar-refractivity contribution in [3.05, 3.63) is 65.4 Å². The summed E-state index contributed by atoms with van der Waals surface area (Å²) in [6, 6.07) is 14.7. The van der Waals surface area contributed by atoms with E-state index < -0.39 is 0 Å². The Morgan fingerprint density at radius 1 is 1.00 bits per heavy atom. The van der Waals surface area contributed by atoms with Gasteiger partial charge in [0, 0.05) is 49.0 Å². The zero-order valence-corrected chi connectivity index (χ0v) is 16.2. The molecule has 27 heavy (non-hydrogen) atoms. The number of nitrogens with one attached hydrogen (secondary N) is 1. The summed E-state index contributed by atoms with van der Waals surface area (Å²) >= 11 is 0. The van der Waals surface area contributed by atoms with Crippen molar-refractivity contribution in [2.24, 2.45) is 0 Å². The van der Waals surface area contributed by atoms with Crippen LogP contribution in [0.2, 0.25) is 0 Å². The zero-order valence-electron chi connectivity index (χ0n) is 16.2. The first-order valence-electron chi connectivity index (χ1n) is 9.83. The van der Waals surface area contributed by atoms with Crippen LogP contribution in [0, 0.1) is 6.92 Å². The molecule has 4 heteroatoms. The standard InChI is InChI=1S/C23H27N3O/c1-3-18-8-6-7-17(2)23(18)26-13-11-25(12-14-26)22(27)15-19-16-24-21-10-5-4-9-20(19)21/h4-10,16,24H,3,11-15H2,1-2H3. The van der Waals surface area contributed by atoms with Gasteiger partial charge in [0.25, 0.3) is 0 Å². The largest absolute Gasteiger partial charge is 0.368 e. The van der Waals surface area contributed by atoms with Crippen LogP contribution in [0.5, 0.6) is 0 Å². The number of hydrogen-bond acceptors (Lipinski definition) is 2. The molecule has 0 unspecified atom stereocenters. The van der Waals surface area contributed by atoms with Crippen molar-refractivity contribution in [2.45, 2.75) is 26.7 Å². The molecule has 0 bridgehead atoms. The van der Waals surface area contributed by atoms with Gasteiger partial charge in [0.15, 0.2) is 0 Å². The predicted molar refractivity (Wildman–Crippen MR) is 111 cm³/mol. The van der Waals surface area contributed by atoms with Crippen molar-refractivity contribution in [3.8, 4) is 0 Å². The number of amides is 1. The Morgan fingerprint density at radius 3 is 2.56 bits per heavy atom. The highest BCUT2D eigenvalue weighted by atomic mass is 16.2. The average molecular weight is 361 g/mol. The molecule has 1 aliphatic rings. The van der Waals surface area contributed by atoms with Crippen LogP contribution in [0.25, 0.3) is 10.9 Å². The molecule has 1 fully saturated rings. The monoisotopic (exact) mass is 361 g/mol. The van der Waals surface area contributed by atoms with Gasteiger partial charge in [0.2, 0.25) is 5.91 Å². The van der Waals surface area contributed by atoms with Crippen LogP contribution in [0.1, 0.15) is 23.6 Å². The van der Waals surface area contributed by atoms with E-state index in [4.69, 9.17) is 0 Å². The van der Waals surface area contributed by atoms with Gasteiger partial charge in [-0.25, -0.2) is 0 Å². The summed E-state index contributed by atoms with van der Waals surface area (Å²) in [7, 11) is 0. The molecule has 2 aromatic carbocycles. The van der Waals surface area contributed by atoms with Gasteiger partial charge < -0.3 is 14.8 Å². The number of hydrogen-bond donors (Lipinski definition) is 1. The number of benzene rings is 2. The topological polar surface area (TPSA) is 39.3 Å². The summed E-state index contributed by atoms with van der Waals surface area (Å²) in [5.41, 5.74) is 6.27. The van der Waals surface area contributed by atoms with E-state index in [2.05, 4.69) is 54.1 Å². The van der Waals surface area contributed by atoms with Crippen LogP contribution in [-0.4, -0.2) is 42.0 Å². The van der Waals surface area contributed by atoms with Gasteiger partial charge in [-0.05, 0) is 36.1 Å². The molecule has 1 aliphatic heterocycles. The number of aromatic amines is 1. The molecular formula is C23H27N3O. The first kappa shape index (κ1) is 17.7. The van der Waals surface area contributed by atoms with E-state index >= 15 is 0 Å². The van der Waals surface area contributed by atoms with Gasteiger partial charge >= 0.3 is 0 Å². The van der Waals surface area contributed by atoms with Crippen molar-refractivity contribution in [2.75, 3.05) is 31.1 Å². The number of nitrogens with zero attached hydrogens (tertiary/aromatic N) is 2. The minimum Gasteiger partial charge on any atom is -0.368 e. The zero-order chi connectivity index (χ0) is 18.8. The molecule has 3 aromatic rings. The van der Waals surface area contributed by atoms with Crippen LogP contribution >= 0.6 is 0 Å². The fourth-order valence-corrected chi connectivity index (χ4v) is 4.19. The van der Waals surface area contributed by atoms with E-state index in [1.165, 1.54) is 16.8 Å². The molecule has 1 aromatic heterocycles. The highest BCUT2D eigenvalue weighted by Gasteiger charge is 2.23. The van der Waals surface area contributed by atoms with Crippen LogP contribution in [0.3, 0.4) is 0 Å². The van der Waals surface area contributed by atoms with Crippen molar-refractivity contribution in [1.29, 1.82) is 0 Å². The quantitative estimate of drug-likeness (QED) is 0.765. The van der Waals surface area contributed by atoms with E-state index in [-0.39, 0.29) is 5.91 Å². The normalized spacial score (nSPS) is 14.7. The molecule has 1 amide bonds. The Balaban J connectivity index is 1.43. The third-order valence-corrected chi connectivity index (χ3v) is 5.67. The predicted octanol–water partition coefficient (Wildman–Crippen LogP) is 3.93. The van der Waals surface area contributed by atoms with Gasteiger partial charge in [0.05, 0.1) is 6.42 Å². The molecule has 4 nitrogen and oxygen atoms in total. The van der Waals surface area contributed by atoms with Gasteiger partial charge in [-0.15, -0.1) is 0 Å². The number of aromatic nitrogens is 1. The molecule has 1 saturated heterocycles. The van der Waals surface area contributed by atoms with E-state index in [9.17, 15) is 4.79 Å². The second-order valence-corrected chi connectivity index (χ2v) is 7.34. The molecule has 0 saturated carbocycles. The second kappa shape index (κ2) is 7.47. The molecule has 0 radical (unpaired) electrons. The van der Waals surface area contributed by atoms with Gasteiger partial charge in [-0.1, -0.05) is 43.3 Å². The number of fused-ring (bicyclic) bond motifs is 1. The van der Waals surface area contributed by atoms with Crippen molar-refractivity contribution < 1.29 is 4.79 Å². The third-order valence-electron chi connectivity index (χ3n) is 5.67. The number of anilines is 1. The maximum atomic E-state index is 12.8. The highest BCUT2D eigenvalue weighted by Crippen LogP contribution is 2.27. The van der Waals surface area contributed by atoms with Crippen LogP contribution in [-0.2, 0) is 17.6 Å². The molecule has 140 valence electrons. The maximum absolute atomic E-state index is 12.8. The number of carbonyl (C=O) groups is 1. The minimum atomic E-state index is 0.222. The van der Waals surface area contributed by atoms with Gasteiger partial charge in [0.1, 0.15) is 0 Å². The summed E-state index contributed by atoms with van der Waals surface area (Å²) in [4.78, 5) is 20.6. The summed E-state index contributed by atoms with van der Waals surface area (Å²) in [5, 5.41) is 1.15. The Bertz CT molecular complexity index is 951. The molecule has 1 N–H and O–H groups in total. The van der Waals surface area contributed by atoms with E-state index in [0.717, 1.165) is 49.1 Å². The molecule has 2 heterocycles. The smallest absolute Gasteiger partial charge is 0.227 e. The fourth-order valence-electron chi connectivity index (χ4n) is 4.19. The van der Waals surface area contributed by atoms with Crippen LogP contribution in [0.4, 0.5) is 5.69 Å². The maximum Gasteiger partial charge on any atom is 0.227 e. The second-order valence-electron chi connectivity index (χ2n) is 7.34. The lowest BCUT2D eigenvalue weighted by Gasteiger charge is -2.38. The Hall–Kier alpha value is -2.75. The lowest BCUT2D eigenvalue weighted by Crippen LogP contribution is -2.49. The lowest BCUT2D eigenvalue weighted by atomic mass is 10.0. The van der Waals surface area contributed by atoms with Gasteiger partial charge in [-0.3, -0.25) is 4.79 Å². The number of rotatable bonds is 4. The third kappa shape index (κ3) is 3.44. The van der Waals surface area contributed by atoms with Crippen LogP contribution < -0.4 is 4.90 Å². The number of aryl methyl sites for hydroxylation is 2. The molecule has 0 aliphatic carbocycles. The molecular weight excluding hydrogens is 334 g/mol. The van der Waals surface area contributed by atoms with Crippen molar-refractivity contribution in [1.82, 2.24) is 9.88 Å². The van der Waals surface area contributed by atoms with E-state index in [1.54, 1.807) is 0 Å². The van der Waals surface area contributed by atoms with Crippen molar-refractivity contribution in [3.63, 3.8) is 0 Å². The van der Waals surface area contributed by atoms with E-state index in [1.807, 2.05) is 23.2 Å². The number of H-pyrrole nitrogens is 1. The van der Waals surface area contributed by atoms with Gasteiger partial charge in [-0.2, -0.15) is 0 Å². The van der Waals surface area contributed by atoms with Crippen LogP contribution in [0.15, 0.2) is 48.7 Å². The summed E-state index contributed by atoms with van der Waals surface area (Å²) in [5.74, 6) is 0.222. The van der Waals surface area contributed by atoms with E-state index in [0.29, 0.717) is 6.42 Å². The first-order valence-corrected chi connectivity index (χ1v) is 9.83. The molecule has 0 atom stereocenters. The fraction of sp³-hybridized carbons (Fsp3) is 0.348. The summed E-state index contributed by atoms with van der Waals surface area (Å²) < 4.78 is 0. The minimum absolute atomic E-state index is 0.222. The summed E-state index contributed by atoms with van der Waals surface area (Å²) in [6.07, 6.45) is 3.48. The average Bonchev–Trinajstić information content (AvgIpc) is 3.11. The molecule has 4 rings (SSSR count).